The number of hydrogen-bond donors (Lipinski definition) is 2. The molecular formula is C20H17F5N2O4. The fraction of sp³-hybridized carbons (Fsp3) is 0.300. The summed E-state index contributed by atoms with van der Waals surface area (Å²) >= 11 is 0. The molecule has 1 aliphatic rings. The van der Waals surface area contributed by atoms with Crippen molar-refractivity contribution in [2.75, 3.05) is 31.7 Å². The van der Waals surface area contributed by atoms with Crippen LogP contribution >= 0.6 is 0 Å². The fourth-order valence-electron chi connectivity index (χ4n) is 2.78. The first-order valence-corrected chi connectivity index (χ1v) is 9.10. The minimum atomic E-state index is -4.29. The van der Waals surface area contributed by atoms with Gasteiger partial charge in [0.15, 0.2) is 11.6 Å². The first-order chi connectivity index (χ1) is 14.7. The van der Waals surface area contributed by atoms with Crippen LogP contribution in [-0.2, 0) is 20.2 Å². The van der Waals surface area contributed by atoms with Crippen molar-refractivity contribution in [2.24, 2.45) is 0 Å². The minimum Gasteiger partial charge on any atom is -0.376 e. The van der Waals surface area contributed by atoms with E-state index in [4.69, 9.17) is 9.47 Å². The van der Waals surface area contributed by atoms with Crippen molar-refractivity contribution < 1.29 is 41.0 Å². The molecule has 1 heterocycles. The summed E-state index contributed by atoms with van der Waals surface area (Å²) in [7, 11) is 0. The molecule has 0 saturated carbocycles. The summed E-state index contributed by atoms with van der Waals surface area (Å²) in [5.74, 6) is -10.8. The fourth-order valence-corrected chi connectivity index (χ4v) is 2.78. The van der Waals surface area contributed by atoms with E-state index in [0.29, 0.717) is 24.8 Å². The van der Waals surface area contributed by atoms with Crippen molar-refractivity contribution in [3.05, 3.63) is 65.0 Å². The lowest BCUT2D eigenvalue weighted by Crippen LogP contribution is -2.45. The number of amides is 2. The van der Waals surface area contributed by atoms with Crippen LogP contribution in [0.2, 0.25) is 0 Å². The number of hydrogen-bond acceptors (Lipinski definition) is 4. The van der Waals surface area contributed by atoms with E-state index in [1.807, 2.05) is 5.32 Å². The summed E-state index contributed by atoms with van der Waals surface area (Å²) < 4.78 is 79.8. The van der Waals surface area contributed by atoms with Gasteiger partial charge in [0.25, 0.3) is 11.8 Å². The van der Waals surface area contributed by atoms with Crippen molar-refractivity contribution in [2.45, 2.75) is 12.0 Å². The Labute approximate surface area is 173 Å². The maximum absolute atomic E-state index is 14.6. The van der Waals surface area contributed by atoms with Gasteiger partial charge in [-0.2, -0.15) is 8.78 Å². The molecule has 31 heavy (non-hydrogen) atoms. The Bertz CT molecular complexity index is 980. The molecule has 0 bridgehead atoms. The number of ether oxygens (including phenoxy) is 2. The van der Waals surface area contributed by atoms with Crippen molar-refractivity contribution in [3.8, 4) is 0 Å². The zero-order valence-corrected chi connectivity index (χ0v) is 15.9. The number of nitrogens with one attached hydrogen (secondary N) is 2. The predicted octanol–water partition coefficient (Wildman–Crippen LogP) is 2.98. The number of anilines is 1. The highest BCUT2D eigenvalue weighted by atomic mass is 19.3. The van der Waals surface area contributed by atoms with E-state index in [1.165, 1.54) is 0 Å². The van der Waals surface area contributed by atoms with E-state index in [-0.39, 0.29) is 25.4 Å². The number of carbonyl (C=O) groups is 2. The Morgan fingerprint density at radius 3 is 2.42 bits per heavy atom. The van der Waals surface area contributed by atoms with Crippen LogP contribution in [0.4, 0.5) is 27.6 Å². The molecule has 2 N–H and O–H groups in total. The van der Waals surface area contributed by atoms with Gasteiger partial charge in [0, 0.05) is 23.9 Å². The van der Waals surface area contributed by atoms with Crippen LogP contribution in [0.15, 0.2) is 36.4 Å². The van der Waals surface area contributed by atoms with Crippen LogP contribution in [-0.4, -0.2) is 44.3 Å². The van der Waals surface area contributed by atoms with Gasteiger partial charge in [-0.05, 0) is 30.3 Å². The number of alkyl halides is 2. The minimum absolute atomic E-state index is 0.111. The van der Waals surface area contributed by atoms with Gasteiger partial charge in [0.1, 0.15) is 5.82 Å². The molecule has 2 aromatic rings. The largest absolute Gasteiger partial charge is 0.376 e. The molecule has 0 aromatic heterocycles. The van der Waals surface area contributed by atoms with Gasteiger partial charge in [0.05, 0.1) is 31.5 Å². The first-order valence-electron chi connectivity index (χ1n) is 9.10. The van der Waals surface area contributed by atoms with E-state index in [0.717, 1.165) is 18.2 Å². The molecule has 6 nitrogen and oxygen atoms in total. The molecule has 2 aromatic carbocycles. The Balaban J connectivity index is 1.74. The SMILES string of the molecule is O=C(Nc1ccc(F)c(F)c1)c1ccc(F)c(C(F)(F)C(=O)NCC2COCCO2)c1. The highest BCUT2D eigenvalue weighted by Crippen LogP contribution is 2.31. The maximum atomic E-state index is 14.6. The summed E-state index contributed by atoms with van der Waals surface area (Å²) in [5, 5.41) is 4.16. The lowest BCUT2D eigenvalue weighted by Gasteiger charge is -2.24. The predicted molar refractivity (Wildman–Crippen MR) is 98.2 cm³/mol. The highest BCUT2D eigenvalue weighted by molar-refractivity contribution is 6.04. The van der Waals surface area contributed by atoms with Gasteiger partial charge < -0.3 is 20.1 Å². The van der Waals surface area contributed by atoms with Crippen molar-refractivity contribution >= 4 is 17.5 Å². The molecule has 0 radical (unpaired) electrons. The van der Waals surface area contributed by atoms with Crippen molar-refractivity contribution in [1.29, 1.82) is 0 Å². The molecule has 166 valence electrons. The Hall–Kier alpha value is -3.05. The Kier molecular flexibility index (Phi) is 6.86. The second-order valence-corrected chi connectivity index (χ2v) is 6.63. The Morgan fingerprint density at radius 1 is 1.00 bits per heavy atom. The van der Waals surface area contributed by atoms with E-state index in [2.05, 4.69) is 5.32 Å². The second kappa shape index (κ2) is 9.40. The highest BCUT2D eigenvalue weighted by Gasteiger charge is 2.43. The smallest absolute Gasteiger partial charge is 0.352 e. The molecule has 11 heteroatoms. The summed E-state index contributed by atoms with van der Waals surface area (Å²) in [5.41, 5.74) is -1.88. The van der Waals surface area contributed by atoms with E-state index >= 15 is 0 Å². The van der Waals surface area contributed by atoms with Crippen molar-refractivity contribution in [1.82, 2.24) is 5.32 Å². The first kappa shape index (κ1) is 22.6. The van der Waals surface area contributed by atoms with E-state index < -0.39 is 52.4 Å². The van der Waals surface area contributed by atoms with Gasteiger partial charge in [-0.15, -0.1) is 0 Å². The van der Waals surface area contributed by atoms with Crippen LogP contribution in [0.5, 0.6) is 0 Å². The van der Waals surface area contributed by atoms with Crippen LogP contribution in [0, 0.1) is 17.5 Å². The Morgan fingerprint density at radius 2 is 1.74 bits per heavy atom. The average molecular weight is 444 g/mol. The molecule has 1 aliphatic heterocycles. The van der Waals surface area contributed by atoms with Gasteiger partial charge in [-0.1, -0.05) is 0 Å². The number of benzene rings is 2. The van der Waals surface area contributed by atoms with Crippen LogP contribution < -0.4 is 10.6 Å². The third-order valence-corrected chi connectivity index (χ3v) is 4.40. The van der Waals surface area contributed by atoms with Gasteiger partial charge >= 0.3 is 5.92 Å². The zero-order chi connectivity index (χ0) is 22.6. The van der Waals surface area contributed by atoms with Crippen LogP contribution in [0.3, 0.4) is 0 Å². The third-order valence-electron chi connectivity index (χ3n) is 4.40. The third kappa shape index (κ3) is 5.36. The lowest BCUT2D eigenvalue weighted by atomic mass is 10.0. The van der Waals surface area contributed by atoms with E-state index in [1.54, 1.807) is 0 Å². The van der Waals surface area contributed by atoms with Gasteiger partial charge in [0.2, 0.25) is 0 Å². The summed E-state index contributed by atoms with van der Waals surface area (Å²) in [6.07, 6.45) is -0.619. The molecular weight excluding hydrogens is 427 g/mol. The average Bonchev–Trinajstić information content (AvgIpc) is 2.75. The molecule has 1 saturated heterocycles. The number of carbonyl (C=O) groups excluding carboxylic acids is 2. The molecule has 2 amide bonds. The molecule has 1 fully saturated rings. The summed E-state index contributed by atoms with van der Waals surface area (Å²) in [6, 6.07) is 4.55. The topological polar surface area (TPSA) is 76.7 Å². The van der Waals surface area contributed by atoms with Gasteiger partial charge in [-0.25, -0.2) is 13.2 Å². The molecule has 3 rings (SSSR count). The normalized spacial score (nSPS) is 16.6. The monoisotopic (exact) mass is 444 g/mol. The molecule has 1 unspecified atom stereocenters. The van der Waals surface area contributed by atoms with Crippen molar-refractivity contribution in [3.63, 3.8) is 0 Å². The lowest BCUT2D eigenvalue weighted by molar-refractivity contribution is -0.149. The van der Waals surface area contributed by atoms with Gasteiger partial charge in [-0.3, -0.25) is 9.59 Å². The quantitative estimate of drug-likeness (QED) is 0.672. The summed E-state index contributed by atoms with van der Waals surface area (Å²) in [6.45, 7) is 0.443. The second-order valence-electron chi connectivity index (χ2n) is 6.63. The maximum Gasteiger partial charge on any atom is 0.352 e. The van der Waals surface area contributed by atoms with Crippen LogP contribution in [0.1, 0.15) is 15.9 Å². The zero-order valence-electron chi connectivity index (χ0n) is 15.9. The molecule has 1 atom stereocenters. The standard InChI is InChI=1S/C20H17F5N2O4/c21-15-3-1-11(18(28)27-12-2-4-16(22)17(23)8-12)7-14(15)20(24,25)19(29)26-9-13-10-30-5-6-31-13/h1-4,7-8,13H,5-6,9-10H2,(H,26,29)(H,27,28). The van der Waals surface area contributed by atoms with E-state index in [9.17, 15) is 31.5 Å². The molecule has 0 aliphatic carbocycles. The summed E-state index contributed by atoms with van der Waals surface area (Å²) in [4.78, 5) is 24.3. The van der Waals surface area contributed by atoms with Crippen LogP contribution in [0.25, 0.3) is 0 Å². The number of halogens is 5. The number of rotatable bonds is 6. The molecule has 0 spiro atoms.